The van der Waals surface area contributed by atoms with E-state index in [1.165, 1.54) is 25.7 Å². The van der Waals surface area contributed by atoms with Gasteiger partial charge in [-0.2, -0.15) is 0 Å². The molecular weight excluding hydrogens is 338 g/mol. The number of para-hydroxylation sites is 1. The molecule has 3 rings (SSSR count). The molecule has 27 heavy (non-hydrogen) atoms. The molecule has 1 saturated carbocycles. The minimum atomic E-state index is -0.0144. The highest BCUT2D eigenvalue weighted by Gasteiger charge is 2.33. The zero-order valence-corrected chi connectivity index (χ0v) is 16.0. The van der Waals surface area contributed by atoms with Crippen molar-refractivity contribution in [1.29, 1.82) is 0 Å². The Bertz CT molecular complexity index is 725. The number of ether oxygens (including phenoxy) is 1. The molecule has 0 spiro atoms. The molecule has 0 bridgehead atoms. The normalized spacial score (nSPS) is 15.7. The summed E-state index contributed by atoms with van der Waals surface area (Å²) in [7, 11) is 1.99. The molecule has 0 heterocycles. The molecule has 1 aliphatic rings. The number of rotatable bonds is 8. The molecule has 1 amide bonds. The Balaban J connectivity index is 1.48. The van der Waals surface area contributed by atoms with Crippen molar-refractivity contribution in [2.24, 2.45) is 11.1 Å². The van der Waals surface area contributed by atoms with E-state index < -0.39 is 0 Å². The lowest BCUT2D eigenvalue weighted by atomic mass is 9.86. The molecule has 1 fully saturated rings. The SMILES string of the molecule is CN(CC(=O)Nc1ccc(Oc2ccccc2)cc1)CC1(CN)CCCC1. The zero-order valence-electron chi connectivity index (χ0n) is 16.0. The fourth-order valence-corrected chi connectivity index (χ4v) is 3.86. The third kappa shape index (κ3) is 5.55. The summed E-state index contributed by atoms with van der Waals surface area (Å²) >= 11 is 0. The predicted molar refractivity (Wildman–Crippen MR) is 109 cm³/mol. The number of nitrogens with one attached hydrogen (secondary N) is 1. The number of amides is 1. The smallest absolute Gasteiger partial charge is 0.238 e. The third-order valence-electron chi connectivity index (χ3n) is 5.23. The van der Waals surface area contributed by atoms with Crippen LogP contribution in [0.1, 0.15) is 25.7 Å². The number of carbonyl (C=O) groups is 1. The quantitative estimate of drug-likeness (QED) is 0.743. The van der Waals surface area contributed by atoms with Gasteiger partial charge in [-0.15, -0.1) is 0 Å². The Labute approximate surface area is 161 Å². The van der Waals surface area contributed by atoms with Gasteiger partial charge >= 0.3 is 0 Å². The minimum Gasteiger partial charge on any atom is -0.457 e. The van der Waals surface area contributed by atoms with Crippen LogP contribution in [0.2, 0.25) is 0 Å². The number of anilines is 1. The molecule has 144 valence electrons. The zero-order chi connectivity index (χ0) is 19.1. The summed E-state index contributed by atoms with van der Waals surface area (Å²) in [5.74, 6) is 1.51. The first-order chi connectivity index (χ1) is 13.1. The second-order valence-corrected chi connectivity index (χ2v) is 7.57. The number of hydrogen-bond donors (Lipinski definition) is 2. The molecular formula is C22H29N3O2. The van der Waals surface area contributed by atoms with Gasteiger partial charge in [0.2, 0.25) is 5.91 Å². The Morgan fingerprint density at radius 2 is 1.70 bits per heavy atom. The number of likely N-dealkylation sites (N-methyl/N-ethyl adjacent to an activating group) is 1. The predicted octanol–water partition coefficient (Wildman–Crippen LogP) is 3.87. The summed E-state index contributed by atoms with van der Waals surface area (Å²) in [5, 5.41) is 2.95. The van der Waals surface area contributed by atoms with Crippen LogP contribution in [-0.2, 0) is 4.79 Å². The van der Waals surface area contributed by atoms with E-state index in [1.54, 1.807) is 0 Å². The number of nitrogens with two attached hydrogens (primary N) is 1. The van der Waals surface area contributed by atoms with Crippen molar-refractivity contribution < 1.29 is 9.53 Å². The van der Waals surface area contributed by atoms with Gasteiger partial charge in [0.05, 0.1) is 6.54 Å². The minimum absolute atomic E-state index is 0.0144. The Hall–Kier alpha value is -2.37. The van der Waals surface area contributed by atoms with Crippen LogP contribution in [-0.4, -0.2) is 37.5 Å². The Kier molecular flexibility index (Phi) is 6.48. The number of carbonyl (C=O) groups excluding carboxylic acids is 1. The van der Waals surface area contributed by atoms with Crippen molar-refractivity contribution in [2.45, 2.75) is 25.7 Å². The second kappa shape index (κ2) is 9.02. The summed E-state index contributed by atoms with van der Waals surface area (Å²) in [6.45, 7) is 1.94. The van der Waals surface area contributed by atoms with Gasteiger partial charge in [0.25, 0.3) is 0 Å². The van der Waals surface area contributed by atoms with Gasteiger partial charge in [0.15, 0.2) is 0 Å². The highest BCUT2D eigenvalue weighted by atomic mass is 16.5. The van der Waals surface area contributed by atoms with E-state index in [4.69, 9.17) is 10.5 Å². The van der Waals surface area contributed by atoms with Gasteiger partial charge in [-0.1, -0.05) is 31.0 Å². The molecule has 0 saturated heterocycles. The highest BCUT2D eigenvalue weighted by molar-refractivity contribution is 5.92. The second-order valence-electron chi connectivity index (χ2n) is 7.57. The summed E-state index contributed by atoms with van der Waals surface area (Å²) in [6, 6.07) is 17.0. The lowest BCUT2D eigenvalue weighted by Gasteiger charge is -2.32. The maximum atomic E-state index is 12.4. The van der Waals surface area contributed by atoms with Crippen LogP contribution in [0.25, 0.3) is 0 Å². The summed E-state index contributed by atoms with van der Waals surface area (Å²) in [4.78, 5) is 14.4. The van der Waals surface area contributed by atoms with Crippen LogP contribution in [0.4, 0.5) is 5.69 Å². The van der Waals surface area contributed by atoms with Crippen molar-refractivity contribution >= 4 is 11.6 Å². The van der Waals surface area contributed by atoms with Crippen LogP contribution in [0.3, 0.4) is 0 Å². The Morgan fingerprint density at radius 1 is 1.07 bits per heavy atom. The van der Waals surface area contributed by atoms with Gasteiger partial charge in [-0.25, -0.2) is 0 Å². The first kappa shape index (κ1) is 19.4. The lowest BCUT2D eigenvalue weighted by Crippen LogP contribution is -2.42. The summed E-state index contributed by atoms with van der Waals surface area (Å²) < 4.78 is 5.77. The fraction of sp³-hybridized carbons (Fsp3) is 0.409. The third-order valence-corrected chi connectivity index (χ3v) is 5.23. The largest absolute Gasteiger partial charge is 0.457 e. The van der Waals surface area contributed by atoms with Crippen molar-refractivity contribution in [3.05, 3.63) is 54.6 Å². The molecule has 2 aromatic rings. The maximum Gasteiger partial charge on any atom is 0.238 e. The molecule has 0 aromatic heterocycles. The number of nitrogens with zero attached hydrogens (tertiary/aromatic N) is 1. The summed E-state index contributed by atoms with van der Waals surface area (Å²) in [6.07, 6.45) is 4.82. The van der Waals surface area contributed by atoms with Gasteiger partial charge < -0.3 is 15.8 Å². The van der Waals surface area contributed by atoms with E-state index in [1.807, 2.05) is 61.6 Å². The van der Waals surface area contributed by atoms with E-state index >= 15 is 0 Å². The van der Waals surface area contributed by atoms with Crippen molar-refractivity contribution in [3.8, 4) is 11.5 Å². The van der Waals surface area contributed by atoms with Crippen molar-refractivity contribution in [2.75, 3.05) is 32.0 Å². The van der Waals surface area contributed by atoms with E-state index in [0.29, 0.717) is 13.1 Å². The van der Waals surface area contributed by atoms with Crippen LogP contribution in [0.15, 0.2) is 54.6 Å². The number of hydrogen-bond acceptors (Lipinski definition) is 4. The molecule has 3 N–H and O–H groups in total. The molecule has 0 atom stereocenters. The maximum absolute atomic E-state index is 12.4. The molecule has 5 heteroatoms. The average Bonchev–Trinajstić information content (AvgIpc) is 3.13. The standard InChI is InChI=1S/C22H29N3O2/c1-25(17-22(16-23)13-5-6-14-22)15-21(26)24-18-9-11-20(12-10-18)27-19-7-3-2-4-8-19/h2-4,7-12H,5-6,13-17,23H2,1H3,(H,24,26). The molecule has 0 unspecified atom stereocenters. The molecule has 1 aliphatic carbocycles. The average molecular weight is 367 g/mol. The van der Waals surface area contributed by atoms with E-state index in [0.717, 1.165) is 23.7 Å². The van der Waals surface area contributed by atoms with Crippen LogP contribution >= 0.6 is 0 Å². The topological polar surface area (TPSA) is 67.6 Å². The lowest BCUT2D eigenvalue weighted by molar-refractivity contribution is -0.117. The highest BCUT2D eigenvalue weighted by Crippen LogP contribution is 2.37. The van der Waals surface area contributed by atoms with E-state index in [-0.39, 0.29) is 11.3 Å². The van der Waals surface area contributed by atoms with E-state index in [9.17, 15) is 4.79 Å². The first-order valence-electron chi connectivity index (χ1n) is 9.60. The molecule has 0 radical (unpaired) electrons. The summed E-state index contributed by atoms with van der Waals surface area (Å²) in [5.41, 5.74) is 6.95. The number of benzene rings is 2. The molecule has 0 aliphatic heterocycles. The van der Waals surface area contributed by atoms with Crippen molar-refractivity contribution in [3.63, 3.8) is 0 Å². The molecule has 2 aromatic carbocycles. The first-order valence-corrected chi connectivity index (χ1v) is 9.60. The monoisotopic (exact) mass is 367 g/mol. The van der Waals surface area contributed by atoms with Crippen LogP contribution in [0.5, 0.6) is 11.5 Å². The fourth-order valence-electron chi connectivity index (χ4n) is 3.86. The Morgan fingerprint density at radius 3 is 2.33 bits per heavy atom. The molecule has 5 nitrogen and oxygen atoms in total. The van der Waals surface area contributed by atoms with Gasteiger partial charge in [0.1, 0.15) is 11.5 Å². The van der Waals surface area contributed by atoms with Gasteiger partial charge in [-0.05, 0) is 68.2 Å². The van der Waals surface area contributed by atoms with Gasteiger partial charge in [-0.3, -0.25) is 9.69 Å². The van der Waals surface area contributed by atoms with Gasteiger partial charge in [0, 0.05) is 12.2 Å². The van der Waals surface area contributed by atoms with Crippen LogP contribution < -0.4 is 15.8 Å². The van der Waals surface area contributed by atoms with Crippen LogP contribution in [0, 0.1) is 5.41 Å². The van der Waals surface area contributed by atoms with E-state index in [2.05, 4.69) is 10.2 Å². The van der Waals surface area contributed by atoms with Crippen molar-refractivity contribution in [1.82, 2.24) is 4.90 Å².